The fourth-order valence-corrected chi connectivity index (χ4v) is 5.73. The van der Waals surface area contributed by atoms with E-state index in [0.29, 0.717) is 37.0 Å². The first-order chi connectivity index (χ1) is 18.2. The Hall–Kier alpha value is -3.59. The van der Waals surface area contributed by atoms with Crippen LogP contribution in [0.25, 0.3) is 20.7 Å². The van der Waals surface area contributed by atoms with E-state index < -0.39 is 5.60 Å². The summed E-state index contributed by atoms with van der Waals surface area (Å²) in [5.41, 5.74) is 2.23. The second-order valence-electron chi connectivity index (χ2n) is 10.4. The average Bonchev–Trinajstić information content (AvgIpc) is 3.55. The summed E-state index contributed by atoms with van der Waals surface area (Å²) in [5.74, 6) is -0.850. The topological polar surface area (TPSA) is 102 Å². The van der Waals surface area contributed by atoms with Crippen molar-refractivity contribution in [2.45, 2.75) is 45.4 Å². The third-order valence-electron chi connectivity index (χ3n) is 6.89. The lowest BCUT2D eigenvalue weighted by Gasteiger charge is -2.18. The zero-order chi connectivity index (χ0) is 27.0. The number of ketones is 1. The van der Waals surface area contributed by atoms with Crippen LogP contribution in [0.3, 0.4) is 0 Å². The molecule has 2 heterocycles. The molecule has 2 aromatic heterocycles. The van der Waals surface area contributed by atoms with E-state index in [0.717, 1.165) is 26.4 Å². The highest BCUT2D eigenvalue weighted by atomic mass is 32.1. The molecule has 0 aliphatic heterocycles. The molecule has 0 unspecified atom stereocenters. The minimum Gasteiger partial charge on any atom is -0.380 e. The fourth-order valence-electron chi connectivity index (χ4n) is 4.54. The molecule has 0 atom stereocenters. The number of pyridine rings is 1. The van der Waals surface area contributed by atoms with Crippen molar-refractivity contribution in [1.82, 2.24) is 9.88 Å². The van der Waals surface area contributed by atoms with Crippen LogP contribution in [0.4, 0.5) is 5.69 Å². The monoisotopic (exact) mass is 529 g/mol. The van der Waals surface area contributed by atoms with E-state index >= 15 is 0 Å². The number of H-pyrrole nitrogens is 1. The quantitative estimate of drug-likeness (QED) is 0.259. The number of nitrogens with one attached hydrogen (secondary N) is 2. The van der Waals surface area contributed by atoms with Crippen LogP contribution in [0.5, 0.6) is 0 Å². The number of Topliss-reactive ketones (excluding diaryl/α,β-unsaturated/α-hetero) is 1. The molecule has 1 aliphatic rings. The number of rotatable bonds is 9. The molecule has 5 rings (SSSR count). The van der Waals surface area contributed by atoms with Crippen molar-refractivity contribution in [1.29, 1.82) is 0 Å². The highest BCUT2D eigenvalue weighted by Gasteiger charge is 2.48. The summed E-state index contributed by atoms with van der Waals surface area (Å²) in [5, 5.41) is 13.4. The van der Waals surface area contributed by atoms with Crippen molar-refractivity contribution in [3.05, 3.63) is 87.7 Å². The second-order valence-corrected chi connectivity index (χ2v) is 11.4. The Morgan fingerprint density at radius 3 is 2.39 bits per heavy atom. The van der Waals surface area contributed by atoms with Crippen LogP contribution in [0.15, 0.2) is 65.6 Å². The minimum atomic E-state index is -1.24. The number of hydrogen-bond acceptors (Lipinski definition) is 6. The van der Waals surface area contributed by atoms with E-state index in [4.69, 9.17) is 0 Å². The van der Waals surface area contributed by atoms with Gasteiger partial charge in [0, 0.05) is 35.8 Å². The molecule has 1 fully saturated rings. The number of aromatic amines is 1. The molecule has 0 spiro atoms. The molecule has 4 aromatic rings. The molecule has 8 heteroatoms. The van der Waals surface area contributed by atoms with Gasteiger partial charge >= 0.3 is 0 Å². The molecule has 3 N–H and O–H groups in total. The van der Waals surface area contributed by atoms with Gasteiger partial charge in [0.1, 0.15) is 10.4 Å². The second kappa shape index (κ2) is 10.3. The van der Waals surface area contributed by atoms with Crippen molar-refractivity contribution in [2.24, 2.45) is 5.92 Å². The molecule has 2 aromatic carbocycles. The Morgan fingerprint density at radius 2 is 1.76 bits per heavy atom. The molecular formula is C30H31N3O4S. The smallest absolute Gasteiger partial charge is 0.256 e. The Labute approximate surface area is 225 Å². The summed E-state index contributed by atoms with van der Waals surface area (Å²) in [6.07, 6.45) is 2.49. The zero-order valence-corrected chi connectivity index (χ0v) is 22.5. The summed E-state index contributed by atoms with van der Waals surface area (Å²) >= 11 is 1.48. The van der Waals surface area contributed by atoms with Crippen LogP contribution in [0.2, 0.25) is 0 Å². The SMILES string of the molecule is CC(C)C(=O)c1c[nH]c2sc(-c3ccc(NC(=O)C4(O)CC4)cc3)c(CN(C)Cc3ccccc3)c2c1=O. The standard InChI is InChI=1S/C30H31N3O4S/c1-18(2)25(34)22-15-31-28-24(26(22)35)23(17-33(3)16-19-7-5-4-6-8-19)27(38-28)20-9-11-21(12-10-20)32-29(36)30(37)13-14-30/h4-12,15,18,37H,13-14,16-17H2,1-3H3,(H,31,35)(H,32,36). The molecule has 7 nitrogen and oxygen atoms in total. The van der Waals surface area contributed by atoms with Crippen molar-refractivity contribution in [2.75, 3.05) is 12.4 Å². The van der Waals surface area contributed by atoms with Crippen LogP contribution in [0, 0.1) is 5.92 Å². The van der Waals surface area contributed by atoms with Gasteiger partial charge in [0.05, 0.1) is 10.9 Å². The number of carbonyl (C=O) groups excluding carboxylic acids is 2. The van der Waals surface area contributed by atoms with Gasteiger partial charge in [-0.3, -0.25) is 19.3 Å². The number of anilines is 1. The summed E-state index contributed by atoms with van der Waals surface area (Å²) in [4.78, 5) is 45.7. The lowest BCUT2D eigenvalue weighted by Crippen LogP contribution is -2.29. The molecule has 0 bridgehead atoms. The van der Waals surface area contributed by atoms with Crippen LogP contribution >= 0.6 is 11.3 Å². The van der Waals surface area contributed by atoms with Gasteiger partial charge < -0.3 is 15.4 Å². The molecule has 1 aliphatic carbocycles. The van der Waals surface area contributed by atoms with Gasteiger partial charge in [-0.05, 0) is 48.7 Å². The molecule has 1 amide bonds. The highest BCUT2D eigenvalue weighted by Crippen LogP contribution is 2.39. The van der Waals surface area contributed by atoms with E-state index in [9.17, 15) is 19.5 Å². The largest absolute Gasteiger partial charge is 0.380 e. The Morgan fingerprint density at radius 1 is 1.08 bits per heavy atom. The maximum atomic E-state index is 13.6. The van der Waals surface area contributed by atoms with E-state index in [1.807, 2.05) is 37.4 Å². The van der Waals surface area contributed by atoms with Crippen molar-refractivity contribution in [3.8, 4) is 10.4 Å². The number of hydrogen-bond donors (Lipinski definition) is 3. The van der Waals surface area contributed by atoms with E-state index in [-0.39, 0.29) is 28.6 Å². The number of carbonyl (C=O) groups is 2. The predicted octanol–water partition coefficient (Wildman–Crippen LogP) is 5.19. The maximum Gasteiger partial charge on any atom is 0.256 e. The normalized spacial score (nSPS) is 14.3. The minimum absolute atomic E-state index is 0.179. The van der Waals surface area contributed by atoms with Crippen LogP contribution in [-0.4, -0.2) is 39.3 Å². The Bertz CT molecular complexity index is 1550. The van der Waals surface area contributed by atoms with Gasteiger partial charge in [-0.25, -0.2) is 0 Å². The molecule has 38 heavy (non-hydrogen) atoms. The molecule has 0 saturated heterocycles. The van der Waals surface area contributed by atoms with Gasteiger partial charge in [0.2, 0.25) is 5.43 Å². The third-order valence-corrected chi connectivity index (χ3v) is 8.10. The number of fused-ring (bicyclic) bond motifs is 1. The van der Waals surface area contributed by atoms with Gasteiger partial charge in [0.25, 0.3) is 5.91 Å². The first-order valence-electron chi connectivity index (χ1n) is 12.7. The number of aromatic nitrogens is 1. The number of benzene rings is 2. The lowest BCUT2D eigenvalue weighted by molar-refractivity contribution is -0.125. The number of aliphatic hydroxyl groups is 1. The summed E-state index contributed by atoms with van der Waals surface area (Å²) in [6, 6.07) is 17.5. The van der Waals surface area contributed by atoms with E-state index in [1.165, 1.54) is 17.5 Å². The van der Waals surface area contributed by atoms with Crippen LogP contribution in [0.1, 0.15) is 48.2 Å². The van der Waals surface area contributed by atoms with Gasteiger partial charge in [0.15, 0.2) is 5.78 Å². The van der Waals surface area contributed by atoms with Crippen molar-refractivity contribution < 1.29 is 14.7 Å². The summed E-state index contributed by atoms with van der Waals surface area (Å²) in [6.45, 7) is 4.80. The van der Waals surface area contributed by atoms with E-state index in [1.54, 1.807) is 26.0 Å². The maximum absolute atomic E-state index is 13.6. The summed E-state index contributed by atoms with van der Waals surface area (Å²) < 4.78 is 0. The number of amides is 1. The first kappa shape index (κ1) is 26.0. The van der Waals surface area contributed by atoms with Crippen molar-refractivity contribution in [3.63, 3.8) is 0 Å². The third kappa shape index (κ3) is 5.20. The van der Waals surface area contributed by atoms with Gasteiger partial charge in [-0.1, -0.05) is 56.3 Å². The van der Waals surface area contributed by atoms with E-state index in [2.05, 4.69) is 27.3 Å². The fraction of sp³-hybridized carbons (Fsp3) is 0.300. The lowest BCUT2D eigenvalue weighted by atomic mass is 9.99. The van der Waals surface area contributed by atoms with Crippen LogP contribution < -0.4 is 10.7 Å². The molecule has 1 saturated carbocycles. The van der Waals surface area contributed by atoms with Crippen molar-refractivity contribution >= 4 is 38.9 Å². The Balaban J connectivity index is 1.54. The molecule has 196 valence electrons. The highest BCUT2D eigenvalue weighted by molar-refractivity contribution is 7.22. The van der Waals surface area contributed by atoms with Gasteiger partial charge in [-0.15, -0.1) is 11.3 Å². The number of nitrogens with zero attached hydrogens (tertiary/aromatic N) is 1. The van der Waals surface area contributed by atoms with Crippen LogP contribution in [-0.2, 0) is 17.9 Å². The first-order valence-corrected chi connectivity index (χ1v) is 13.6. The Kier molecular flexibility index (Phi) is 7.05. The average molecular weight is 530 g/mol. The molecule has 0 radical (unpaired) electrons. The molecular weight excluding hydrogens is 498 g/mol. The zero-order valence-electron chi connectivity index (χ0n) is 21.7. The predicted molar refractivity (Wildman–Crippen MR) is 151 cm³/mol. The summed E-state index contributed by atoms with van der Waals surface area (Å²) in [7, 11) is 2.01. The van der Waals surface area contributed by atoms with Gasteiger partial charge in [-0.2, -0.15) is 0 Å². The number of thiophene rings is 1.